The maximum atomic E-state index is 13.8. The standard InChI is InChI=1S/C27H35ClF2N2O/c1-18(27(4,29)30)17-32-19(2)13-23(28)16-25(32)15-21-7-6-8-24(14-21)31-20(3)22-9-11-26(33-5)12-10-22/h9-13,16-17,19,21,24,31H,3,6-8,14-15H2,1-2,4-5H3/b18-17+/t19?,21-,24+/m0/s1. The summed E-state index contributed by atoms with van der Waals surface area (Å²) in [6.45, 7) is 8.63. The lowest BCUT2D eigenvalue weighted by molar-refractivity contribution is 0.0614. The Morgan fingerprint density at radius 2 is 2.00 bits per heavy atom. The quantitative estimate of drug-likeness (QED) is 0.421. The van der Waals surface area contributed by atoms with Crippen molar-refractivity contribution in [3.05, 3.63) is 71.1 Å². The molecule has 180 valence electrons. The molecule has 2 aliphatic rings. The maximum Gasteiger partial charge on any atom is 0.268 e. The third-order valence-electron chi connectivity index (χ3n) is 6.60. The van der Waals surface area contributed by atoms with E-state index in [1.54, 1.807) is 13.3 Å². The van der Waals surface area contributed by atoms with Crippen molar-refractivity contribution in [2.24, 2.45) is 5.92 Å². The predicted molar refractivity (Wildman–Crippen MR) is 133 cm³/mol. The van der Waals surface area contributed by atoms with Crippen LogP contribution >= 0.6 is 11.6 Å². The Kier molecular flexibility index (Phi) is 8.28. The van der Waals surface area contributed by atoms with E-state index < -0.39 is 5.92 Å². The highest BCUT2D eigenvalue weighted by Gasteiger charge is 2.29. The van der Waals surface area contributed by atoms with Crippen LogP contribution in [0.4, 0.5) is 8.78 Å². The topological polar surface area (TPSA) is 24.5 Å². The highest BCUT2D eigenvalue weighted by atomic mass is 35.5. The number of benzene rings is 1. The van der Waals surface area contributed by atoms with Gasteiger partial charge in [0.25, 0.3) is 5.92 Å². The molecule has 3 nitrogen and oxygen atoms in total. The summed E-state index contributed by atoms with van der Waals surface area (Å²) in [5.74, 6) is -1.58. The van der Waals surface area contributed by atoms with Crippen LogP contribution in [0.2, 0.25) is 0 Å². The number of rotatable bonds is 8. The number of ether oxygens (including phenoxy) is 1. The van der Waals surface area contributed by atoms with Gasteiger partial charge in [0.05, 0.1) is 13.2 Å². The molecule has 33 heavy (non-hydrogen) atoms. The molecule has 1 N–H and O–H groups in total. The van der Waals surface area contributed by atoms with E-state index in [4.69, 9.17) is 16.3 Å². The van der Waals surface area contributed by atoms with Crippen LogP contribution in [0.15, 0.2) is 65.5 Å². The average molecular weight is 477 g/mol. The molecule has 1 saturated carbocycles. The first-order valence-corrected chi connectivity index (χ1v) is 12.0. The van der Waals surface area contributed by atoms with E-state index in [9.17, 15) is 8.78 Å². The number of methoxy groups -OCH3 is 1. The third kappa shape index (κ3) is 6.86. The zero-order chi connectivity index (χ0) is 24.2. The number of alkyl halides is 2. The van der Waals surface area contributed by atoms with Crippen molar-refractivity contribution >= 4 is 17.3 Å². The first-order chi connectivity index (χ1) is 15.6. The second kappa shape index (κ2) is 10.8. The van der Waals surface area contributed by atoms with E-state index in [0.717, 1.165) is 61.7 Å². The Balaban J connectivity index is 1.67. The second-order valence-electron chi connectivity index (χ2n) is 9.32. The van der Waals surface area contributed by atoms with Gasteiger partial charge < -0.3 is 15.0 Å². The number of hydrogen-bond acceptors (Lipinski definition) is 3. The summed E-state index contributed by atoms with van der Waals surface area (Å²) in [7, 11) is 1.65. The minimum absolute atomic E-state index is 0.0469. The first kappa shape index (κ1) is 25.4. The van der Waals surface area contributed by atoms with Crippen LogP contribution in [0.3, 0.4) is 0 Å². The van der Waals surface area contributed by atoms with Crippen LogP contribution < -0.4 is 10.1 Å². The van der Waals surface area contributed by atoms with Crippen molar-refractivity contribution in [2.45, 2.75) is 70.9 Å². The Morgan fingerprint density at radius 3 is 2.64 bits per heavy atom. The smallest absolute Gasteiger partial charge is 0.268 e. The molecule has 1 aromatic carbocycles. The molecule has 1 aliphatic heterocycles. The van der Waals surface area contributed by atoms with Crippen molar-refractivity contribution in [1.29, 1.82) is 0 Å². The average Bonchev–Trinajstić information content (AvgIpc) is 2.75. The van der Waals surface area contributed by atoms with Crippen molar-refractivity contribution in [3.63, 3.8) is 0 Å². The monoisotopic (exact) mass is 476 g/mol. The Bertz CT molecular complexity index is 930. The molecule has 0 bridgehead atoms. The third-order valence-corrected chi connectivity index (χ3v) is 6.83. The molecule has 0 radical (unpaired) electrons. The van der Waals surface area contributed by atoms with E-state index in [-0.39, 0.29) is 11.6 Å². The van der Waals surface area contributed by atoms with Gasteiger partial charge in [-0.3, -0.25) is 0 Å². The van der Waals surface area contributed by atoms with Gasteiger partial charge in [-0.15, -0.1) is 0 Å². The van der Waals surface area contributed by atoms with Gasteiger partial charge in [-0.1, -0.05) is 24.6 Å². The van der Waals surface area contributed by atoms with Gasteiger partial charge in [0.2, 0.25) is 0 Å². The summed E-state index contributed by atoms with van der Waals surface area (Å²) in [4.78, 5) is 1.95. The fourth-order valence-corrected chi connectivity index (χ4v) is 4.87. The molecule has 1 unspecified atom stereocenters. The van der Waals surface area contributed by atoms with Crippen molar-refractivity contribution in [1.82, 2.24) is 10.2 Å². The zero-order valence-corrected chi connectivity index (χ0v) is 20.8. The lowest BCUT2D eigenvalue weighted by atomic mass is 9.82. The number of allylic oxidation sites excluding steroid dienone is 4. The van der Waals surface area contributed by atoms with E-state index in [1.165, 1.54) is 6.92 Å². The number of halogens is 3. The largest absolute Gasteiger partial charge is 0.497 e. The maximum absolute atomic E-state index is 13.8. The molecule has 1 fully saturated rings. The molecular formula is C27H35ClF2N2O. The molecule has 1 heterocycles. The van der Waals surface area contributed by atoms with Gasteiger partial charge >= 0.3 is 0 Å². The number of nitrogens with zero attached hydrogens (tertiary/aromatic N) is 1. The van der Waals surface area contributed by atoms with Gasteiger partial charge in [-0.05, 0) is 87.4 Å². The highest BCUT2D eigenvalue weighted by molar-refractivity contribution is 6.31. The normalized spacial score (nSPS) is 24.2. The SMILES string of the molecule is C=C(N[C@@H]1CCC[C@H](CC2=CC(Cl)=CC(C)N2/C=C(\C)C(C)(F)F)C1)c1ccc(OC)cc1. The molecule has 0 saturated heterocycles. The number of nitrogens with one attached hydrogen (secondary N) is 1. The van der Waals surface area contributed by atoms with E-state index in [2.05, 4.69) is 11.9 Å². The summed E-state index contributed by atoms with van der Waals surface area (Å²) in [5.41, 5.74) is 3.00. The van der Waals surface area contributed by atoms with Gasteiger partial charge in [0, 0.05) is 41.2 Å². The summed E-state index contributed by atoms with van der Waals surface area (Å²) in [6, 6.07) is 8.15. The highest BCUT2D eigenvalue weighted by Crippen LogP contribution is 2.36. The minimum atomic E-state index is -2.85. The summed E-state index contributed by atoms with van der Waals surface area (Å²) >= 11 is 6.36. The van der Waals surface area contributed by atoms with E-state index in [0.29, 0.717) is 17.0 Å². The van der Waals surface area contributed by atoms with E-state index in [1.807, 2.05) is 48.2 Å². The van der Waals surface area contributed by atoms with E-state index >= 15 is 0 Å². The van der Waals surface area contributed by atoms with Crippen LogP contribution in [0.25, 0.3) is 5.70 Å². The molecule has 0 amide bonds. The van der Waals surface area contributed by atoms with Crippen LogP contribution in [0.1, 0.15) is 58.4 Å². The molecule has 3 rings (SSSR count). The summed E-state index contributed by atoms with van der Waals surface area (Å²) < 4.78 is 32.9. The first-order valence-electron chi connectivity index (χ1n) is 11.6. The van der Waals surface area contributed by atoms with Gasteiger partial charge in [0.1, 0.15) is 5.75 Å². The Morgan fingerprint density at radius 1 is 1.30 bits per heavy atom. The lowest BCUT2D eigenvalue weighted by Crippen LogP contribution is -2.35. The van der Waals surface area contributed by atoms with Gasteiger partial charge in [-0.25, -0.2) is 8.78 Å². The molecule has 0 aromatic heterocycles. The minimum Gasteiger partial charge on any atom is -0.497 e. The molecule has 3 atom stereocenters. The molecule has 6 heteroatoms. The van der Waals surface area contributed by atoms with Gasteiger partial charge in [0.15, 0.2) is 0 Å². The van der Waals surface area contributed by atoms with Crippen LogP contribution in [-0.2, 0) is 0 Å². The van der Waals surface area contributed by atoms with Crippen LogP contribution in [0, 0.1) is 5.92 Å². The van der Waals surface area contributed by atoms with Crippen LogP contribution in [0.5, 0.6) is 5.75 Å². The van der Waals surface area contributed by atoms with Crippen molar-refractivity contribution < 1.29 is 13.5 Å². The molecule has 0 spiro atoms. The van der Waals surface area contributed by atoms with Crippen LogP contribution in [-0.4, -0.2) is 30.0 Å². The molecular weight excluding hydrogens is 442 g/mol. The molecule has 1 aromatic rings. The molecule has 1 aliphatic carbocycles. The van der Waals surface area contributed by atoms with Gasteiger partial charge in [-0.2, -0.15) is 0 Å². The van der Waals surface area contributed by atoms with Crippen molar-refractivity contribution in [3.8, 4) is 5.75 Å². The zero-order valence-electron chi connectivity index (χ0n) is 20.0. The Hall–Kier alpha value is -2.27. The second-order valence-corrected chi connectivity index (χ2v) is 9.76. The number of hydrogen-bond donors (Lipinski definition) is 1. The lowest BCUT2D eigenvalue weighted by Gasteiger charge is -2.37. The fraction of sp³-hybridized carbons (Fsp3) is 0.481. The fourth-order valence-electron chi connectivity index (χ4n) is 4.57. The predicted octanol–water partition coefficient (Wildman–Crippen LogP) is 7.47. The summed E-state index contributed by atoms with van der Waals surface area (Å²) in [5, 5.41) is 4.27. The van der Waals surface area contributed by atoms with Crippen molar-refractivity contribution in [2.75, 3.05) is 7.11 Å². The Labute approximate surface area is 201 Å². The summed E-state index contributed by atoms with van der Waals surface area (Å²) in [6.07, 6.45) is 10.5.